The molecule has 0 radical (unpaired) electrons. The summed E-state index contributed by atoms with van der Waals surface area (Å²) in [7, 11) is 5.84. The van der Waals surface area contributed by atoms with Crippen molar-refractivity contribution in [3.05, 3.63) is 65.0 Å². The van der Waals surface area contributed by atoms with Gasteiger partial charge in [-0.05, 0) is 35.9 Å². The maximum absolute atomic E-state index is 13.3. The first-order valence-corrected chi connectivity index (χ1v) is 9.03. The minimum atomic E-state index is -0.663. The first-order chi connectivity index (χ1) is 14.5. The molecule has 2 aromatic rings. The van der Waals surface area contributed by atoms with Crippen LogP contribution in [0.4, 0.5) is 0 Å². The zero-order valence-corrected chi connectivity index (χ0v) is 17.1. The van der Waals surface area contributed by atoms with Crippen molar-refractivity contribution in [3.63, 3.8) is 0 Å². The minimum Gasteiger partial charge on any atom is -0.497 e. The van der Waals surface area contributed by atoms with E-state index in [0.29, 0.717) is 23.6 Å². The summed E-state index contributed by atoms with van der Waals surface area (Å²) in [5.41, 5.74) is 6.96. The van der Waals surface area contributed by atoms with Gasteiger partial charge in [0.15, 0.2) is 17.2 Å². The summed E-state index contributed by atoms with van der Waals surface area (Å²) in [6, 6.07) is 12.2. The van der Waals surface area contributed by atoms with Crippen molar-refractivity contribution in [1.29, 1.82) is 0 Å². The maximum Gasteiger partial charge on any atom is 0.357 e. The van der Waals surface area contributed by atoms with E-state index in [4.69, 9.17) is 18.9 Å². The van der Waals surface area contributed by atoms with E-state index in [9.17, 15) is 9.59 Å². The van der Waals surface area contributed by atoms with Gasteiger partial charge in [-0.15, -0.1) is 5.53 Å². The molecular weight excluding hydrogens is 390 g/mol. The number of carbonyl (C=O) groups is 2. The molecule has 0 spiro atoms. The molecule has 3 rings (SSSR count). The lowest BCUT2D eigenvalue weighted by molar-refractivity contribution is -0.136. The molecule has 1 aliphatic heterocycles. The summed E-state index contributed by atoms with van der Waals surface area (Å²) in [5, 5.41) is 1.55. The SMILES string of the molecule is COC(=O)C1=C(C(=O)c2ccc(OC)c(OC)c2)N(Cc2ccc(OC)cc2)NN1. The van der Waals surface area contributed by atoms with Crippen molar-refractivity contribution in [2.45, 2.75) is 6.54 Å². The standard InChI is InChI=1S/C21H23N3O6/c1-27-15-8-5-13(6-9-15)12-24-19(18(22-23-24)21(26)30-4)20(25)14-7-10-16(28-2)17(11-14)29-3/h5-11,22-23H,12H2,1-4H3. The number of nitrogens with zero attached hydrogens (tertiary/aromatic N) is 1. The Hall–Kier alpha value is -3.72. The number of Topliss-reactive ketones (excluding diaryl/α,β-unsaturated/α-hetero) is 1. The second kappa shape index (κ2) is 9.19. The quantitative estimate of drug-likeness (QED) is 0.496. The number of carbonyl (C=O) groups excluding carboxylic acids is 2. The Balaban J connectivity index is 1.96. The molecular formula is C21H23N3O6. The monoisotopic (exact) mass is 413 g/mol. The number of allylic oxidation sites excluding steroid dienone is 1. The lowest BCUT2D eigenvalue weighted by Gasteiger charge is -2.20. The number of benzene rings is 2. The van der Waals surface area contributed by atoms with E-state index in [1.807, 2.05) is 24.3 Å². The van der Waals surface area contributed by atoms with Gasteiger partial charge >= 0.3 is 5.97 Å². The van der Waals surface area contributed by atoms with Crippen molar-refractivity contribution >= 4 is 11.8 Å². The molecule has 2 aromatic carbocycles. The normalized spacial score (nSPS) is 13.0. The lowest BCUT2D eigenvalue weighted by Crippen LogP contribution is -2.39. The summed E-state index contributed by atoms with van der Waals surface area (Å²) in [6.45, 7) is 0.311. The van der Waals surface area contributed by atoms with Gasteiger partial charge in [0, 0.05) is 5.56 Å². The molecule has 0 fully saturated rings. The molecule has 0 saturated heterocycles. The summed E-state index contributed by atoms with van der Waals surface area (Å²) in [4.78, 5) is 25.6. The number of ketones is 1. The van der Waals surface area contributed by atoms with Gasteiger partial charge in [-0.1, -0.05) is 12.1 Å². The first-order valence-electron chi connectivity index (χ1n) is 9.03. The van der Waals surface area contributed by atoms with Crippen LogP contribution in [0.1, 0.15) is 15.9 Å². The molecule has 9 nitrogen and oxygen atoms in total. The third-order valence-electron chi connectivity index (χ3n) is 4.57. The molecule has 1 aliphatic rings. The summed E-state index contributed by atoms with van der Waals surface area (Å²) < 4.78 is 20.5. The third kappa shape index (κ3) is 4.15. The zero-order valence-electron chi connectivity index (χ0n) is 17.1. The van der Waals surface area contributed by atoms with Crippen molar-refractivity contribution in [3.8, 4) is 17.2 Å². The molecule has 30 heavy (non-hydrogen) atoms. The van der Waals surface area contributed by atoms with E-state index in [-0.39, 0.29) is 17.2 Å². The van der Waals surface area contributed by atoms with Crippen molar-refractivity contribution < 1.29 is 28.5 Å². The van der Waals surface area contributed by atoms with Crippen LogP contribution in [0.5, 0.6) is 17.2 Å². The predicted molar refractivity (Wildman–Crippen MR) is 108 cm³/mol. The number of ether oxygens (including phenoxy) is 4. The average Bonchev–Trinajstić information content (AvgIpc) is 3.21. The fourth-order valence-electron chi connectivity index (χ4n) is 3.01. The van der Waals surface area contributed by atoms with Crippen LogP contribution in [0.15, 0.2) is 53.9 Å². The first kappa shape index (κ1) is 21.0. The van der Waals surface area contributed by atoms with Gasteiger partial charge < -0.3 is 18.9 Å². The Morgan fingerprint density at radius 1 is 0.900 bits per heavy atom. The Kier molecular flexibility index (Phi) is 6.43. The van der Waals surface area contributed by atoms with Gasteiger partial charge in [-0.2, -0.15) is 0 Å². The van der Waals surface area contributed by atoms with E-state index in [2.05, 4.69) is 11.0 Å². The van der Waals surface area contributed by atoms with Gasteiger partial charge in [0.25, 0.3) is 0 Å². The van der Waals surface area contributed by atoms with Crippen LogP contribution < -0.4 is 25.2 Å². The largest absolute Gasteiger partial charge is 0.497 e. The van der Waals surface area contributed by atoms with Crippen molar-refractivity contribution in [2.24, 2.45) is 0 Å². The molecule has 0 atom stereocenters. The molecule has 0 bridgehead atoms. The Morgan fingerprint density at radius 3 is 2.20 bits per heavy atom. The zero-order chi connectivity index (χ0) is 21.7. The molecule has 0 unspecified atom stereocenters. The number of hydrogen-bond acceptors (Lipinski definition) is 9. The van der Waals surface area contributed by atoms with Crippen molar-refractivity contribution in [1.82, 2.24) is 16.0 Å². The van der Waals surface area contributed by atoms with Crippen LogP contribution in [0.25, 0.3) is 0 Å². The highest BCUT2D eigenvalue weighted by Crippen LogP contribution is 2.30. The predicted octanol–water partition coefficient (Wildman–Crippen LogP) is 1.80. The molecule has 0 aromatic heterocycles. The van der Waals surface area contributed by atoms with Gasteiger partial charge in [0.05, 0.1) is 35.0 Å². The highest BCUT2D eigenvalue weighted by Gasteiger charge is 2.33. The number of nitrogens with one attached hydrogen (secondary N) is 2. The smallest absolute Gasteiger partial charge is 0.357 e. The van der Waals surface area contributed by atoms with Gasteiger partial charge in [0.1, 0.15) is 11.4 Å². The molecule has 0 saturated carbocycles. The van der Waals surface area contributed by atoms with E-state index >= 15 is 0 Å². The number of methoxy groups -OCH3 is 4. The fourth-order valence-corrected chi connectivity index (χ4v) is 3.01. The van der Waals surface area contributed by atoms with Crippen LogP contribution in [0.2, 0.25) is 0 Å². The molecule has 0 aliphatic carbocycles. The van der Waals surface area contributed by atoms with E-state index in [1.54, 1.807) is 30.3 Å². The number of hydrogen-bond donors (Lipinski definition) is 2. The Bertz CT molecular complexity index is 971. The summed E-state index contributed by atoms with van der Waals surface area (Å²) in [5.74, 6) is 0.572. The van der Waals surface area contributed by atoms with Crippen LogP contribution in [0, 0.1) is 0 Å². The van der Waals surface area contributed by atoms with Gasteiger partial charge in [0.2, 0.25) is 5.78 Å². The highest BCUT2D eigenvalue weighted by atomic mass is 16.5. The lowest BCUT2D eigenvalue weighted by atomic mass is 10.1. The topological polar surface area (TPSA) is 98.4 Å². The van der Waals surface area contributed by atoms with Crippen LogP contribution in [-0.4, -0.2) is 45.2 Å². The molecule has 9 heteroatoms. The maximum atomic E-state index is 13.3. The molecule has 2 N–H and O–H groups in total. The van der Waals surface area contributed by atoms with Crippen LogP contribution >= 0.6 is 0 Å². The average molecular weight is 413 g/mol. The van der Waals surface area contributed by atoms with Crippen LogP contribution in [0.3, 0.4) is 0 Å². The van der Waals surface area contributed by atoms with Crippen molar-refractivity contribution in [2.75, 3.05) is 28.4 Å². The molecule has 0 amide bonds. The second-order valence-electron chi connectivity index (χ2n) is 6.29. The van der Waals surface area contributed by atoms with Gasteiger partial charge in [-0.3, -0.25) is 15.2 Å². The minimum absolute atomic E-state index is 0.0193. The summed E-state index contributed by atoms with van der Waals surface area (Å²) >= 11 is 0. The van der Waals surface area contributed by atoms with Crippen LogP contribution in [-0.2, 0) is 16.1 Å². The molecule has 158 valence electrons. The van der Waals surface area contributed by atoms with Gasteiger partial charge in [-0.25, -0.2) is 4.79 Å². The third-order valence-corrected chi connectivity index (χ3v) is 4.57. The number of hydrazine groups is 2. The van der Waals surface area contributed by atoms with E-state index < -0.39 is 5.97 Å². The highest BCUT2D eigenvalue weighted by molar-refractivity contribution is 6.12. The Morgan fingerprint density at radius 2 is 1.60 bits per heavy atom. The summed E-state index contributed by atoms with van der Waals surface area (Å²) in [6.07, 6.45) is 0. The number of rotatable bonds is 8. The number of esters is 1. The van der Waals surface area contributed by atoms with E-state index in [0.717, 1.165) is 11.3 Å². The Labute approximate surface area is 174 Å². The van der Waals surface area contributed by atoms with E-state index in [1.165, 1.54) is 21.3 Å². The second-order valence-corrected chi connectivity index (χ2v) is 6.29. The molecule has 1 heterocycles. The fraction of sp³-hybridized carbons (Fsp3) is 0.238.